The van der Waals surface area contributed by atoms with Crippen LogP contribution >= 0.6 is 0 Å². The van der Waals surface area contributed by atoms with Gasteiger partial charge >= 0.3 is 12.1 Å². The normalized spacial score (nSPS) is 10.8. The van der Waals surface area contributed by atoms with Crippen molar-refractivity contribution in [2.24, 2.45) is 0 Å². The molecule has 0 fully saturated rings. The number of Topliss-reactive ketones (excluding diaryl/α,β-unsaturated/α-hetero) is 1. The molecule has 0 aliphatic carbocycles. The number of nitrogens with one attached hydrogen (secondary N) is 1. The first-order chi connectivity index (χ1) is 10.7. The van der Waals surface area contributed by atoms with Gasteiger partial charge in [0.05, 0.1) is 6.42 Å². The number of rotatable bonds is 6. The fourth-order valence-electron chi connectivity index (χ4n) is 1.52. The van der Waals surface area contributed by atoms with Crippen LogP contribution in [0.25, 0.3) is 0 Å². The standard InChI is InChI=1S/C16H20FNO5/c1-16(2,3)23-15(21)18-9-8-14(20)22-10-13(19)11-4-6-12(17)7-5-11/h4-7H,8-10H2,1-3H3,(H,18,21). The molecule has 0 aromatic heterocycles. The van der Waals surface area contributed by atoms with Crippen molar-refractivity contribution >= 4 is 17.8 Å². The van der Waals surface area contributed by atoms with E-state index in [0.717, 1.165) is 12.1 Å². The maximum absolute atomic E-state index is 12.7. The van der Waals surface area contributed by atoms with E-state index in [1.54, 1.807) is 20.8 Å². The molecule has 0 radical (unpaired) electrons. The number of hydrogen-bond donors (Lipinski definition) is 1. The minimum atomic E-state index is -0.632. The van der Waals surface area contributed by atoms with Crippen LogP contribution in [0.3, 0.4) is 0 Å². The summed E-state index contributed by atoms with van der Waals surface area (Å²) in [6.07, 6.45) is -0.719. The van der Waals surface area contributed by atoms with Gasteiger partial charge in [-0.1, -0.05) is 0 Å². The minimum absolute atomic E-state index is 0.0402. The van der Waals surface area contributed by atoms with Gasteiger partial charge in [-0.25, -0.2) is 9.18 Å². The summed E-state index contributed by atoms with van der Waals surface area (Å²) >= 11 is 0. The van der Waals surface area contributed by atoms with Gasteiger partial charge in [0, 0.05) is 12.1 Å². The van der Waals surface area contributed by atoms with E-state index in [4.69, 9.17) is 9.47 Å². The summed E-state index contributed by atoms with van der Waals surface area (Å²) in [5.41, 5.74) is -0.363. The highest BCUT2D eigenvalue weighted by Crippen LogP contribution is 2.06. The lowest BCUT2D eigenvalue weighted by molar-refractivity contribution is -0.142. The van der Waals surface area contributed by atoms with Gasteiger partial charge in [-0.05, 0) is 45.0 Å². The van der Waals surface area contributed by atoms with Crippen molar-refractivity contribution < 1.29 is 28.2 Å². The van der Waals surface area contributed by atoms with Crippen LogP contribution in [0.5, 0.6) is 0 Å². The Morgan fingerprint density at radius 3 is 2.30 bits per heavy atom. The number of carbonyl (C=O) groups excluding carboxylic acids is 3. The molecule has 6 nitrogen and oxygen atoms in total. The predicted octanol–water partition coefficient (Wildman–Crippen LogP) is 2.47. The topological polar surface area (TPSA) is 81.7 Å². The predicted molar refractivity (Wildman–Crippen MR) is 80.5 cm³/mol. The van der Waals surface area contributed by atoms with Crippen molar-refractivity contribution in [3.05, 3.63) is 35.6 Å². The van der Waals surface area contributed by atoms with E-state index in [1.807, 2.05) is 0 Å². The third kappa shape index (κ3) is 7.94. The summed E-state index contributed by atoms with van der Waals surface area (Å²) in [7, 11) is 0. The average Bonchev–Trinajstić information content (AvgIpc) is 2.43. The highest BCUT2D eigenvalue weighted by molar-refractivity contribution is 5.97. The zero-order valence-corrected chi connectivity index (χ0v) is 13.3. The SMILES string of the molecule is CC(C)(C)OC(=O)NCCC(=O)OCC(=O)c1ccc(F)cc1. The van der Waals surface area contributed by atoms with Crippen molar-refractivity contribution in [3.63, 3.8) is 0 Å². The molecule has 7 heteroatoms. The lowest BCUT2D eigenvalue weighted by atomic mass is 10.1. The Kier molecular flexibility index (Phi) is 6.68. The van der Waals surface area contributed by atoms with Crippen LogP contribution in [-0.4, -0.2) is 36.6 Å². The molecule has 0 saturated carbocycles. The smallest absolute Gasteiger partial charge is 0.407 e. The van der Waals surface area contributed by atoms with Crippen molar-refractivity contribution in [2.75, 3.05) is 13.2 Å². The molecular weight excluding hydrogens is 305 g/mol. The Hall–Kier alpha value is -2.44. The fourth-order valence-corrected chi connectivity index (χ4v) is 1.52. The summed E-state index contributed by atoms with van der Waals surface area (Å²) in [5, 5.41) is 2.41. The summed E-state index contributed by atoms with van der Waals surface area (Å²) in [6.45, 7) is 4.78. The molecule has 0 bridgehead atoms. The summed E-state index contributed by atoms with van der Waals surface area (Å²) in [4.78, 5) is 34.5. The van der Waals surface area contributed by atoms with Crippen molar-refractivity contribution in [1.29, 1.82) is 0 Å². The van der Waals surface area contributed by atoms with Crippen LogP contribution in [0, 0.1) is 5.82 Å². The number of hydrogen-bond acceptors (Lipinski definition) is 5. The van der Waals surface area contributed by atoms with Gasteiger partial charge in [0.2, 0.25) is 0 Å². The van der Waals surface area contributed by atoms with Gasteiger partial charge < -0.3 is 14.8 Å². The molecule has 0 atom stereocenters. The van der Waals surface area contributed by atoms with Crippen LogP contribution in [0.4, 0.5) is 9.18 Å². The van der Waals surface area contributed by atoms with E-state index in [1.165, 1.54) is 12.1 Å². The Labute approximate surface area is 134 Å². The second-order valence-electron chi connectivity index (χ2n) is 5.77. The van der Waals surface area contributed by atoms with Crippen LogP contribution in [0.15, 0.2) is 24.3 Å². The second-order valence-corrected chi connectivity index (χ2v) is 5.77. The monoisotopic (exact) mass is 325 g/mol. The fraction of sp³-hybridized carbons (Fsp3) is 0.438. The number of halogens is 1. The lowest BCUT2D eigenvalue weighted by Gasteiger charge is -2.19. The molecule has 1 amide bonds. The first kappa shape index (κ1) is 18.6. The third-order valence-corrected chi connectivity index (χ3v) is 2.53. The number of esters is 1. The summed E-state index contributed by atoms with van der Waals surface area (Å²) in [6, 6.07) is 4.94. The van der Waals surface area contributed by atoms with Gasteiger partial charge in [0.25, 0.3) is 0 Å². The Morgan fingerprint density at radius 2 is 1.74 bits per heavy atom. The van der Waals surface area contributed by atoms with Gasteiger partial charge in [0.15, 0.2) is 12.4 Å². The molecule has 23 heavy (non-hydrogen) atoms. The van der Waals surface area contributed by atoms with Crippen LogP contribution < -0.4 is 5.32 Å². The number of ether oxygens (including phenoxy) is 2. The molecule has 1 aromatic rings. The molecule has 1 N–H and O–H groups in total. The quantitative estimate of drug-likeness (QED) is 0.642. The van der Waals surface area contributed by atoms with Gasteiger partial charge in [-0.2, -0.15) is 0 Å². The number of alkyl carbamates (subject to hydrolysis) is 1. The van der Waals surface area contributed by atoms with Crippen molar-refractivity contribution in [1.82, 2.24) is 5.32 Å². The maximum atomic E-state index is 12.7. The highest BCUT2D eigenvalue weighted by Gasteiger charge is 2.16. The Bertz CT molecular complexity index is 563. The number of amides is 1. The molecule has 0 unspecified atom stereocenters. The molecular formula is C16H20FNO5. The van der Waals surface area contributed by atoms with Crippen LogP contribution in [0.1, 0.15) is 37.6 Å². The van der Waals surface area contributed by atoms with Gasteiger partial charge in [0.1, 0.15) is 11.4 Å². The van der Waals surface area contributed by atoms with E-state index in [0.29, 0.717) is 0 Å². The van der Waals surface area contributed by atoms with Crippen molar-refractivity contribution in [3.8, 4) is 0 Å². The molecule has 1 rings (SSSR count). The van der Waals surface area contributed by atoms with E-state index < -0.39 is 35.9 Å². The van der Waals surface area contributed by atoms with Crippen molar-refractivity contribution in [2.45, 2.75) is 32.8 Å². The molecule has 0 aliphatic rings. The molecule has 1 aromatic carbocycles. The first-order valence-corrected chi connectivity index (χ1v) is 7.08. The Morgan fingerprint density at radius 1 is 1.13 bits per heavy atom. The van der Waals surface area contributed by atoms with Gasteiger partial charge in [-0.15, -0.1) is 0 Å². The minimum Gasteiger partial charge on any atom is -0.457 e. The van der Waals surface area contributed by atoms with E-state index in [-0.39, 0.29) is 18.5 Å². The van der Waals surface area contributed by atoms with Crippen LogP contribution in [0.2, 0.25) is 0 Å². The van der Waals surface area contributed by atoms with Gasteiger partial charge in [-0.3, -0.25) is 9.59 Å². The molecule has 0 saturated heterocycles. The molecule has 0 aliphatic heterocycles. The zero-order chi connectivity index (χ0) is 17.5. The van der Waals surface area contributed by atoms with E-state index in [9.17, 15) is 18.8 Å². The zero-order valence-electron chi connectivity index (χ0n) is 13.3. The number of carbonyl (C=O) groups is 3. The van der Waals surface area contributed by atoms with E-state index in [2.05, 4.69) is 5.32 Å². The lowest BCUT2D eigenvalue weighted by Crippen LogP contribution is -2.33. The number of benzene rings is 1. The number of ketones is 1. The first-order valence-electron chi connectivity index (χ1n) is 7.08. The highest BCUT2D eigenvalue weighted by atomic mass is 19.1. The summed E-state index contributed by atoms with van der Waals surface area (Å²) < 4.78 is 22.5. The molecule has 0 spiro atoms. The third-order valence-electron chi connectivity index (χ3n) is 2.53. The largest absolute Gasteiger partial charge is 0.457 e. The summed E-state index contributed by atoms with van der Waals surface area (Å²) in [5.74, 6) is -1.51. The van der Waals surface area contributed by atoms with Crippen LogP contribution in [-0.2, 0) is 14.3 Å². The molecule has 0 heterocycles. The van der Waals surface area contributed by atoms with E-state index >= 15 is 0 Å². The Balaban J connectivity index is 2.25. The second kappa shape index (κ2) is 8.26. The maximum Gasteiger partial charge on any atom is 0.407 e. The average molecular weight is 325 g/mol. The molecule has 126 valence electrons.